The van der Waals surface area contributed by atoms with Gasteiger partial charge in [-0.05, 0) is 41.7 Å². The molecule has 3 aromatic rings. The second kappa shape index (κ2) is 6.37. The van der Waals surface area contributed by atoms with Crippen LogP contribution in [0.5, 0.6) is 0 Å². The minimum atomic E-state index is -0.631. The number of nitrogens with zero attached hydrogens (tertiary/aromatic N) is 3. The minimum Gasteiger partial charge on any atom is -0.358 e. The zero-order valence-corrected chi connectivity index (χ0v) is 12.8. The maximum absolute atomic E-state index is 12.2. The fourth-order valence-electron chi connectivity index (χ4n) is 2.34. The number of amides is 1. The van der Waals surface area contributed by atoms with E-state index in [4.69, 9.17) is 0 Å². The van der Waals surface area contributed by atoms with Gasteiger partial charge < -0.3 is 20.0 Å². The van der Waals surface area contributed by atoms with Crippen LogP contribution in [0, 0.1) is 10.1 Å². The van der Waals surface area contributed by atoms with Crippen molar-refractivity contribution in [2.75, 3.05) is 0 Å². The number of carbonyl (C=O) groups is 1. The van der Waals surface area contributed by atoms with Crippen LogP contribution in [0.1, 0.15) is 29.0 Å². The first-order valence-electron chi connectivity index (χ1n) is 7.28. The summed E-state index contributed by atoms with van der Waals surface area (Å²) in [7, 11) is 0. The fraction of sp³-hybridized carbons (Fsp3) is 0.125. The van der Waals surface area contributed by atoms with Gasteiger partial charge in [0.15, 0.2) is 5.69 Å². The van der Waals surface area contributed by atoms with Crippen LogP contribution < -0.4 is 5.32 Å². The first-order valence-corrected chi connectivity index (χ1v) is 7.28. The number of rotatable bonds is 5. The number of nitrogens with one attached hydrogen (secondary N) is 2. The maximum atomic E-state index is 12.2. The summed E-state index contributed by atoms with van der Waals surface area (Å²) in [6.07, 6.45) is 3.87. The Bertz CT molecular complexity index is 869. The lowest BCUT2D eigenvalue weighted by atomic mass is 10.1. The molecule has 2 heterocycles. The molecule has 0 fully saturated rings. The molecule has 2 aromatic heterocycles. The van der Waals surface area contributed by atoms with Gasteiger partial charge in [-0.25, -0.2) is 0 Å². The molecule has 1 amide bonds. The summed E-state index contributed by atoms with van der Waals surface area (Å²) < 4.78 is 1.97. The molecule has 0 aliphatic heterocycles. The van der Waals surface area contributed by atoms with Gasteiger partial charge in [-0.2, -0.15) is 0 Å². The first kappa shape index (κ1) is 15.5. The predicted octanol–water partition coefficient (Wildman–Crippen LogP) is 2.60. The van der Waals surface area contributed by atoms with Crippen molar-refractivity contribution in [3.8, 4) is 5.69 Å². The molecule has 8 nitrogen and oxygen atoms in total. The van der Waals surface area contributed by atoms with Crippen molar-refractivity contribution in [1.82, 2.24) is 20.1 Å². The highest BCUT2D eigenvalue weighted by Gasteiger charge is 2.18. The smallest absolute Gasteiger partial charge is 0.343 e. The number of hydrogen-bond acceptors (Lipinski definition) is 4. The molecule has 0 aliphatic rings. The first-order chi connectivity index (χ1) is 11.5. The average molecular weight is 325 g/mol. The summed E-state index contributed by atoms with van der Waals surface area (Å²) in [5, 5.41) is 19.3. The van der Waals surface area contributed by atoms with Gasteiger partial charge in [-0.3, -0.25) is 4.79 Å². The summed E-state index contributed by atoms with van der Waals surface area (Å²) >= 11 is 0. The Morgan fingerprint density at radius 2 is 2.04 bits per heavy atom. The van der Waals surface area contributed by atoms with E-state index in [-0.39, 0.29) is 17.6 Å². The lowest BCUT2D eigenvalue weighted by Gasteiger charge is -2.14. The Morgan fingerprint density at radius 1 is 1.29 bits per heavy atom. The van der Waals surface area contributed by atoms with Crippen molar-refractivity contribution in [3.63, 3.8) is 0 Å². The summed E-state index contributed by atoms with van der Waals surface area (Å²) in [5.41, 5.74) is 1.88. The van der Waals surface area contributed by atoms with Gasteiger partial charge in [0.25, 0.3) is 5.91 Å². The van der Waals surface area contributed by atoms with Crippen molar-refractivity contribution in [1.29, 1.82) is 0 Å². The number of hydrogen-bond donors (Lipinski definition) is 2. The molecule has 0 saturated carbocycles. The normalized spacial score (nSPS) is 11.9. The quantitative estimate of drug-likeness (QED) is 0.555. The molecular weight excluding hydrogens is 310 g/mol. The Balaban J connectivity index is 1.74. The van der Waals surface area contributed by atoms with Gasteiger partial charge in [0.2, 0.25) is 0 Å². The largest absolute Gasteiger partial charge is 0.358 e. The molecule has 0 saturated heterocycles. The second-order valence-corrected chi connectivity index (χ2v) is 5.28. The van der Waals surface area contributed by atoms with E-state index < -0.39 is 10.8 Å². The summed E-state index contributed by atoms with van der Waals surface area (Å²) in [6, 6.07) is 12.5. The molecule has 0 radical (unpaired) electrons. The van der Waals surface area contributed by atoms with Crippen LogP contribution in [0.4, 0.5) is 5.82 Å². The number of aromatic nitrogens is 3. The Labute approximate surface area is 137 Å². The van der Waals surface area contributed by atoms with Crippen molar-refractivity contribution in [3.05, 3.63) is 76.2 Å². The topological polar surface area (TPSA) is 106 Å². The summed E-state index contributed by atoms with van der Waals surface area (Å²) in [6.45, 7) is 1.84. The molecule has 1 aromatic carbocycles. The molecule has 3 rings (SSSR count). The van der Waals surface area contributed by atoms with E-state index in [1.807, 2.05) is 60.3 Å². The van der Waals surface area contributed by atoms with Gasteiger partial charge in [0, 0.05) is 18.1 Å². The van der Waals surface area contributed by atoms with Gasteiger partial charge in [0.1, 0.15) is 0 Å². The van der Waals surface area contributed by atoms with E-state index in [1.54, 1.807) is 0 Å². The zero-order chi connectivity index (χ0) is 17.1. The van der Waals surface area contributed by atoms with Crippen LogP contribution in [-0.4, -0.2) is 25.6 Å². The van der Waals surface area contributed by atoms with E-state index >= 15 is 0 Å². The number of benzene rings is 1. The van der Waals surface area contributed by atoms with Gasteiger partial charge in [-0.15, -0.1) is 5.10 Å². The summed E-state index contributed by atoms with van der Waals surface area (Å²) in [5.74, 6) is -0.791. The van der Waals surface area contributed by atoms with Crippen LogP contribution in [0.2, 0.25) is 0 Å². The Hall–Kier alpha value is -3.42. The minimum absolute atomic E-state index is 0.0184. The molecule has 2 N–H and O–H groups in total. The highest BCUT2D eigenvalue weighted by atomic mass is 16.6. The SMILES string of the molecule is CC(NC(=O)c1cc([N+](=O)[O-])[nH]n1)c1cccc(-n2cccc2)c1. The second-order valence-electron chi connectivity index (χ2n) is 5.28. The van der Waals surface area contributed by atoms with Crippen molar-refractivity contribution in [2.45, 2.75) is 13.0 Å². The molecular formula is C16H15N5O3. The lowest BCUT2D eigenvalue weighted by molar-refractivity contribution is -0.389. The van der Waals surface area contributed by atoms with E-state index in [2.05, 4.69) is 15.5 Å². The van der Waals surface area contributed by atoms with Crippen LogP contribution in [0.3, 0.4) is 0 Å². The monoisotopic (exact) mass is 325 g/mol. The van der Waals surface area contributed by atoms with Crippen LogP contribution in [0.25, 0.3) is 5.69 Å². The lowest BCUT2D eigenvalue weighted by Crippen LogP contribution is -2.27. The number of aromatic amines is 1. The molecule has 1 atom stereocenters. The van der Waals surface area contributed by atoms with Gasteiger partial charge in [-0.1, -0.05) is 17.2 Å². The third-order valence-electron chi connectivity index (χ3n) is 3.61. The van der Waals surface area contributed by atoms with E-state index in [0.29, 0.717) is 0 Å². The Morgan fingerprint density at radius 3 is 2.71 bits per heavy atom. The van der Waals surface area contributed by atoms with Gasteiger partial charge >= 0.3 is 5.82 Å². The third-order valence-corrected chi connectivity index (χ3v) is 3.61. The van der Waals surface area contributed by atoms with E-state index in [9.17, 15) is 14.9 Å². The third kappa shape index (κ3) is 3.17. The van der Waals surface area contributed by atoms with Crippen molar-refractivity contribution < 1.29 is 9.72 Å². The molecule has 0 aliphatic carbocycles. The highest BCUT2D eigenvalue weighted by Crippen LogP contribution is 2.18. The van der Waals surface area contributed by atoms with E-state index in [0.717, 1.165) is 17.3 Å². The fourth-order valence-corrected chi connectivity index (χ4v) is 2.34. The van der Waals surface area contributed by atoms with Crippen LogP contribution in [0.15, 0.2) is 54.9 Å². The summed E-state index contributed by atoms with van der Waals surface area (Å²) in [4.78, 5) is 22.2. The standard InChI is InChI=1S/C16H15N5O3/c1-11(17-16(22)14-10-15(19-18-14)21(23)24)12-5-4-6-13(9-12)20-7-2-3-8-20/h2-11H,1H3,(H,17,22)(H,18,19). The van der Waals surface area contributed by atoms with Crippen LogP contribution in [-0.2, 0) is 0 Å². The number of carbonyl (C=O) groups excluding carboxylic acids is 1. The molecule has 122 valence electrons. The molecule has 1 unspecified atom stereocenters. The van der Waals surface area contributed by atoms with Crippen molar-refractivity contribution >= 4 is 11.7 Å². The number of H-pyrrole nitrogens is 1. The molecule has 0 spiro atoms. The predicted molar refractivity (Wildman–Crippen MR) is 86.9 cm³/mol. The maximum Gasteiger partial charge on any atom is 0.343 e. The molecule has 8 heteroatoms. The Kier molecular flexibility index (Phi) is 4.11. The van der Waals surface area contributed by atoms with Crippen LogP contribution >= 0.6 is 0 Å². The highest BCUT2D eigenvalue weighted by molar-refractivity contribution is 5.93. The van der Waals surface area contributed by atoms with Gasteiger partial charge in [0.05, 0.1) is 12.1 Å². The number of nitro groups is 1. The molecule has 0 bridgehead atoms. The zero-order valence-electron chi connectivity index (χ0n) is 12.8. The van der Waals surface area contributed by atoms with Crippen molar-refractivity contribution in [2.24, 2.45) is 0 Å². The van der Waals surface area contributed by atoms with E-state index in [1.165, 1.54) is 0 Å². The average Bonchev–Trinajstić information content (AvgIpc) is 3.26. The molecule has 24 heavy (non-hydrogen) atoms.